The molecule has 0 saturated carbocycles. The van der Waals surface area contributed by atoms with Gasteiger partial charge in [0.05, 0.1) is 4.75 Å². The molecule has 0 aromatic heterocycles. The number of rotatable bonds is 2. The van der Waals surface area contributed by atoms with Gasteiger partial charge < -0.3 is 0 Å². The highest BCUT2D eigenvalue weighted by atomic mass is 32.2. The van der Waals surface area contributed by atoms with Crippen LogP contribution >= 0.6 is 11.8 Å². The molecule has 0 aromatic carbocycles. The van der Waals surface area contributed by atoms with Gasteiger partial charge in [0.15, 0.2) is 5.78 Å². The Balaban J connectivity index is 2.71. The van der Waals surface area contributed by atoms with Crippen molar-refractivity contribution in [3.63, 3.8) is 0 Å². The number of carbonyl (C=O) groups excluding carboxylic acids is 1. The van der Waals surface area contributed by atoms with Crippen molar-refractivity contribution in [3.05, 3.63) is 12.2 Å². The van der Waals surface area contributed by atoms with Crippen molar-refractivity contribution in [2.75, 3.05) is 5.75 Å². The first-order valence-electron chi connectivity index (χ1n) is 3.90. The predicted molar refractivity (Wildman–Crippen MR) is 49.9 cm³/mol. The Morgan fingerprint density at radius 3 is 2.64 bits per heavy atom. The van der Waals surface area contributed by atoms with E-state index in [1.54, 1.807) is 18.7 Å². The summed E-state index contributed by atoms with van der Waals surface area (Å²) in [5, 5.41) is 0. The Morgan fingerprint density at radius 1 is 1.64 bits per heavy atom. The topological polar surface area (TPSA) is 17.1 Å². The Morgan fingerprint density at radius 2 is 2.27 bits per heavy atom. The fourth-order valence-corrected chi connectivity index (χ4v) is 2.74. The van der Waals surface area contributed by atoms with Crippen molar-refractivity contribution in [2.24, 2.45) is 0 Å². The highest BCUT2D eigenvalue weighted by Crippen LogP contribution is 2.39. The number of ketones is 1. The highest BCUT2D eigenvalue weighted by molar-refractivity contribution is 8.01. The summed E-state index contributed by atoms with van der Waals surface area (Å²) >= 11 is 1.77. The van der Waals surface area contributed by atoms with E-state index in [-0.39, 0.29) is 10.5 Å². The lowest BCUT2D eigenvalue weighted by atomic mass is 9.96. The zero-order chi connectivity index (χ0) is 8.48. The van der Waals surface area contributed by atoms with E-state index in [1.807, 2.05) is 6.92 Å². The van der Waals surface area contributed by atoms with Crippen molar-refractivity contribution < 1.29 is 4.79 Å². The maximum Gasteiger partial charge on any atom is 0.173 e. The van der Waals surface area contributed by atoms with Gasteiger partial charge in [-0.2, -0.15) is 0 Å². The molecule has 1 nitrogen and oxygen atoms in total. The van der Waals surface area contributed by atoms with Gasteiger partial charge in [0.25, 0.3) is 0 Å². The molecule has 0 aromatic rings. The summed E-state index contributed by atoms with van der Waals surface area (Å²) in [6.07, 6.45) is 2.18. The van der Waals surface area contributed by atoms with Gasteiger partial charge >= 0.3 is 0 Å². The van der Waals surface area contributed by atoms with Crippen molar-refractivity contribution in [1.82, 2.24) is 0 Å². The molecule has 1 heterocycles. The molecule has 0 bridgehead atoms. The van der Waals surface area contributed by atoms with E-state index < -0.39 is 0 Å². The molecule has 1 saturated heterocycles. The minimum atomic E-state index is -0.147. The molecular formula is C9H14OS. The standard InChI is InChI=1S/C9H14OS/c1-7(2)8(10)9(3)5-4-6-11-9/h1,4-6H2,2-3H3. The van der Waals surface area contributed by atoms with Gasteiger partial charge in [-0.1, -0.05) is 6.58 Å². The summed E-state index contributed by atoms with van der Waals surface area (Å²) in [6, 6.07) is 0. The predicted octanol–water partition coefficient (Wildman–Crippen LogP) is 2.42. The number of allylic oxidation sites excluding steroid dienone is 1. The van der Waals surface area contributed by atoms with E-state index in [0.717, 1.165) is 12.2 Å². The molecule has 11 heavy (non-hydrogen) atoms. The van der Waals surface area contributed by atoms with E-state index in [4.69, 9.17) is 0 Å². The van der Waals surface area contributed by atoms with Crippen LogP contribution in [0.2, 0.25) is 0 Å². The van der Waals surface area contributed by atoms with Crippen LogP contribution in [0.4, 0.5) is 0 Å². The Labute approximate surface area is 72.2 Å². The molecule has 0 amide bonds. The average Bonchev–Trinajstić information content (AvgIpc) is 2.35. The SMILES string of the molecule is C=C(C)C(=O)C1(C)CCCS1. The van der Waals surface area contributed by atoms with Gasteiger partial charge in [-0.15, -0.1) is 11.8 Å². The molecule has 1 fully saturated rings. The van der Waals surface area contributed by atoms with E-state index >= 15 is 0 Å². The lowest BCUT2D eigenvalue weighted by Gasteiger charge is -2.20. The quantitative estimate of drug-likeness (QED) is 0.592. The summed E-state index contributed by atoms with van der Waals surface area (Å²) in [5.74, 6) is 1.36. The summed E-state index contributed by atoms with van der Waals surface area (Å²) in [7, 11) is 0. The number of carbonyl (C=O) groups is 1. The van der Waals surface area contributed by atoms with Gasteiger partial charge in [-0.25, -0.2) is 0 Å². The van der Waals surface area contributed by atoms with Crippen LogP contribution in [0.1, 0.15) is 26.7 Å². The third-order valence-electron chi connectivity index (χ3n) is 2.09. The minimum absolute atomic E-state index is 0.147. The molecule has 1 aliphatic heterocycles. The number of thioether (sulfide) groups is 1. The smallest absolute Gasteiger partial charge is 0.173 e. The van der Waals surface area contributed by atoms with Crippen LogP contribution in [-0.2, 0) is 4.79 Å². The fraction of sp³-hybridized carbons (Fsp3) is 0.667. The van der Waals surface area contributed by atoms with Crippen molar-refractivity contribution in [3.8, 4) is 0 Å². The van der Waals surface area contributed by atoms with E-state index in [9.17, 15) is 4.79 Å². The van der Waals surface area contributed by atoms with Crippen LogP contribution in [0.25, 0.3) is 0 Å². The Kier molecular flexibility index (Phi) is 2.43. The molecule has 1 unspecified atom stereocenters. The normalized spacial score (nSPS) is 30.4. The first-order chi connectivity index (χ1) is 5.06. The second-order valence-electron chi connectivity index (χ2n) is 3.29. The van der Waals surface area contributed by atoms with Gasteiger partial charge in [-0.05, 0) is 38.0 Å². The van der Waals surface area contributed by atoms with Crippen LogP contribution in [0.15, 0.2) is 12.2 Å². The van der Waals surface area contributed by atoms with Crippen LogP contribution in [-0.4, -0.2) is 16.3 Å². The Bertz CT molecular complexity index is 190. The molecule has 0 aliphatic carbocycles. The maximum absolute atomic E-state index is 11.5. The average molecular weight is 170 g/mol. The van der Waals surface area contributed by atoms with Crippen LogP contribution < -0.4 is 0 Å². The molecular weight excluding hydrogens is 156 g/mol. The summed E-state index contributed by atoms with van der Waals surface area (Å²) in [6.45, 7) is 7.51. The lowest BCUT2D eigenvalue weighted by Crippen LogP contribution is -2.28. The lowest BCUT2D eigenvalue weighted by molar-refractivity contribution is -0.117. The molecule has 0 radical (unpaired) electrons. The van der Waals surface area contributed by atoms with Crippen LogP contribution in [0.3, 0.4) is 0 Å². The molecule has 0 N–H and O–H groups in total. The first kappa shape index (κ1) is 8.85. The number of hydrogen-bond donors (Lipinski definition) is 0. The summed E-state index contributed by atoms with van der Waals surface area (Å²) in [4.78, 5) is 11.5. The number of Topliss-reactive ketones (excluding diaryl/α,β-unsaturated/α-hetero) is 1. The van der Waals surface area contributed by atoms with Crippen molar-refractivity contribution in [2.45, 2.75) is 31.4 Å². The third kappa shape index (κ3) is 1.67. The first-order valence-corrected chi connectivity index (χ1v) is 4.89. The zero-order valence-electron chi connectivity index (χ0n) is 7.14. The molecule has 1 rings (SSSR count). The molecule has 2 heteroatoms. The third-order valence-corrected chi connectivity index (χ3v) is 3.61. The van der Waals surface area contributed by atoms with Gasteiger partial charge in [0, 0.05) is 0 Å². The number of hydrogen-bond acceptors (Lipinski definition) is 2. The second kappa shape index (κ2) is 3.02. The van der Waals surface area contributed by atoms with Crippen molar-refractivity contribution >= 4 is 17.5 Å². The fourth-order valence-electron chi connectivity index (χ4n) is 1.41. The minimum Gasteiger partial charge on any atom is -0.293 e. The monoisotopic (exact) mass is 170 g/mol. The Hall–Kier alpha value is -0.240. The molecule has 1 atom stereocenters. The highest BCUT2D eigenvalue weighted by Gasteiger charge is 2.36. The van der Waals surface area contributed by atoms with Gasteiger partial charge in [0.2, 0.25) is 0 Å². The molecule has 1 aliphatic rings. The van der Waals surface area contributed by atoms with Gasteiger partial charge in [-0.3, -0.25) is 4.79 Å². The van der Waals surface area contributed by atoms with Crippen LogP contribution in [0.5, 0.6) is 0 Å². The second-order valence-corrected chi connectivity index (χ2v) is 4.89. The van der Waals surface area contributed by atoms with E-state index in [0.29, 0.717) is 5.57 Å². The van der Waals surface area contributed by atoms with Gasteiger partial charge in [0.1, 0.15) is 0 Å². The van der Waals surface area contributed by atoms with E-state index in [1.165, 1.54) is 6.42 Å². The summed E-state index contributed by atoms with van der Waals surface area (Å²) in [5.41, 5.74) is 0.696. The molecule has 62 valence electrons. The maximum atomic E-state index is 11.5. The largest absolute Gasteiger partial charge is 0.293 e. The van der Waals surface area contributed by atoms with Crippen molar-refractivity contribution in [1.29, 1.82) is 0 Å². The van der Waals surface area contributed by atoms with E-state index in [2.05, 4.69) is 6.58 Å². The summed E-state index contributed by atoms with van der Waals surface area (Å²) < 4.78 is -0.147. The molecule has 0 spiro atoms. The van der Waals surface area contributed by atoms with Crippen LogP contribution in [0, 0.1) is 0 Å². The zero-order valence-corrected chi connectivity index (χ0v) is 7.96.